The molecule has 17 aromatic rings. The summed E-state index contributed by atoms with van der Waals surface area (Å²) in [5.41, 5.74) is 24.4. The summed E-state index contributed by atoms with van der Waals surface area (Å²) in [5.74, 6) is 0.921. The van der Waals surface area contributed by atoms with Crippen molar-refractivity contribution in [3.63, 3.8) is 0 Å². The molecule has 4 heterocycles. The van der Waals surface area contributed by atoms with Gasteiger partial charge >= 0.3 is 0 Å². The topological polar surface area (TPSA) is 99.7 Å². The van der Waals surface area contributed by atoms with Gasteiger partial charge in [0.2, 0.25) is 0 Å². The fraction of sp³-hybridized carbons (Fsp3) is 0.0957. The van der Waals surface area contributed by atoms with Crippen LogP contribution in [-0.2, 0) is 26.2 Å². The number of carbonyl (C=O) groups is 4. The molecule has 0 aromatic heterocycles. The van der Waals surface area contributed by atoms with Crippen molar-refractivity contribution < 1.29 is 28.7 Å². The number of carbonyl (C=O) groups excluding carboxylic acids is 4. The van der Waals surface area contributed by atoms with Crippen molar-refractivity contribution >= 4 is 127 Å². The Hall–Kier alpha value is -13.8. The van der Waals surface area contributed by atoms with E-state index >= 15 is 0 Å². The number of benzene rings is 17. The maximum atomic E-state index is 13.9. The Bertz CT molecular complexity index is 7080. The summed E-state index contributed by atoms with van der Waals surface area (Å²) in [4.78, 5) is 62.5. The van der Waals surface area contributed by atoms with E-state index in [9.17, 15) is 19.2 Å². The summed E-state index contributed by atoms with van der Waals surface area (Å²) < 4.78 is 11.3. The lowest BCUT2D eigenvalue weighted by molar-refractivity contribution is 0.0977. The van der Waals surface area contributed by atoms with Crippen molar-refractivity contribution in [1.82, 2.24) is 0 Å². The zero-order valence-electron chi connectivity index (χ0n) is 71.7. The molecule has 17 aromatic carbocycles. The fourth-order valence-corrected chi connectivity index (χ4v) is 19.7. The van der Waals surface area contributed by atoms with Crippen LogP contribution in [0.5, 0.6) is 11.5 Å². The van der Waals surface area contributed by atoms with Gasteiger partial charge in [0.1, 0.15) is 11.5 Å². The van der Waals surface area contributed by atoms with Crippen LogP contribution in [0, 0.1) is 6.92 Å². The van der Waals surface area contributed by atoms with E-state index in [1.807, 2.05) is 211 Å². The number of nitrogens with zero attached hydrogens (tertiary/aromatic N) is 4. The van der Waals surface area contributed by atoms with Gasteiger partial charge in [-0.25, -0.2) is 0 Å². The van der Waals surface area contributed by atoms with Gasteiger partial charge in [-0.3, -0.25) is 19.2 Å². The van der Waals surface area contributed by atoms with Crippen molar-refractivity contribution in [2.45, 2.75) is 56.8 Å². The molecular weight excluding hydrogens is 1750 g/mol. The molecule has 4 aliphatic rings. The van der Waals surface area contributed by atoms with Crippen LogP contribution in [0.4, 0.5) is 22.7 Å². The molecule has 4 amide bonds. The molecule has 4 unspecified atom stereocenters. The van der Waals surface area contributed by atoms with Crippen LogP contribution in [-0.4, -0.2) is 37.8 Å². The van der Waals surface area contributed by atoms with Crippen LogP contribution in [0.2, 0.25) is 30.1 Å². The van der Waals surface area contributed by atoms with E-state index in [1.165, 1.54) is 33.4 Å². The highest BCUT2D eigenvalue weighted by atomic mass is 35.5. The Morgan fingerprint density at radius 1 is 0.260 bits per heavy atom. The molecule has 0 saturated carbocycles. The molecule has 131 heavy (non-hydrogen) atoms. The van der Waals surface area contributed by atoms with Crippen LogP contribution in [0.3, 0.4) is 0 Å². The van der Waals surface area contributed by atoms with Gasteiger partial charge in [0.25, 0.3) is 23.6 Å². The number of ether oxygens (including phenoxy) is 2. The summed E-state index contributed by atoms with van der Waals surface area (Å²) in [7, 11) is 3.29. The van der Waals surface area contributed by atoms with Gasteiger partial charge in [0.05, 0.1) is 40.4 Å². The average Bonchev–Trinajstić information content (AvgIpc) is 1.64. The fourth-order valence-electron chi connectivity index (χ4n) is 18.6. The first kappa shape index (κ1) is 87.9. The second kappa shape index (κ2) is 39.3. The van der Waals surface area contributed by atoms with Gasteiger partial charge in [0.15, 0.2) is 0 Å². The predicted octanol–water partition coefficient (Wildman–Crippen LogP) is 29.5. The van der Waals surface area contributed by atoms with Crippen LogP contribution in [0.15, 0.2) is 394 Å². The molecule has 10 nitrogen and oxygen atoms in total. The quantitative estimate of drug-likeness (QED) is 0.135. The zero-order chi connectivity index (χ0) is 90.3. The third-order valence-electron chi connectivity index (χ3n) is 24.8. The highest BCUT2D eigenvalue weighted by Gasteiger charge is 2.39. The number of aryl methyl sites for hydroxylation is 1. The maximum absolute atomic E-state index is 13.9. The third-order valence-corrected chi connectivity index (χ3v) is 26.5. The minimum absolute atomic E-state index is 0.0247. The molecule has 0 bridgehead atoms. The number of anilines is 4. The Morgan fingerprint density at radius 3 is 1.11 bits per heavy atom. The highest BCUT2D eigenvalue weighted by molar-refractivity contribution is 6.33. The van der Waals surface area contributed by atoms with Gasteiger partial charge in [-0.15, -0.1) is 0 Å². The Morgan fingerprint density at radius 2 is 0.626 bits per heavy atom. The first-order valence-electron chi connectivity index (χ1n) is 43.1. The minimum atomic E-state index is -0.281. The van der Waals surface area contributed by atoms with Gasteiger partial charge in [-0.1, -0.05) is 318 Å². The van der Waals surface area contributed by atoms with Gasteiger partial charge in [-0.2, -0.15) is 0 Å². The molecule has 0 radical (unpaired) electrons. The smallest absolute Gasteiger partial charge is 0.258 e. The SMILES string of the molecule is COc1ccc2c(c1)CN(C(=O)c1ccc(Cl)cc1)c1ccc(Cl)cc1C2c1ccccc1Cl.COc1cccc2c1C(c1ccccc1Cl)c1cc(Cl)ccc1N(C(=O)c1ccc(Cl)cc1)C2.Cc1ccc(C(=O)N2Cc3ccccc3C(c3ccccc3)c3ccccc32)cc1.O=C(c1ccc2ccccc2c1)N1Cc2ccccc2C(c2ccccc2)c2ccccc21. The number of rotatable bonds is 10. The van der Waals surface area contributed by atoms with Crippen molar-refractivity contribution in [3.8, 4) is 11.5 Å². The van der Waals surface area contributed by atoms with E-state index in [0.717, 1.165) is 106 Å². The number of hydrogen-bond acceptors (Lipinski definition) is 6. The van der Waals surface area contributed by atoms with E-state index in [-0.39, 0.29) is 47.3 Å². The number of methoxy groups -OCH3 is 2. The normalized spacial score (nSPS) is 14.8. The van der Waals surface area contributed by atoms with Crippen molar-refractivity contribution in [1.29, 1.82) is 0 Å². The molecule has 0 fully saturated rings. The maximum Gasteiger partial charge on any atom is 0.258 e. The second-order valence-corrected chi connectivity index (χ2v) is 35.2. The van der Waals surface area contributed by atoms with E-state index in [4.69, 9.17) is 79.1 Å². The lowest BCUT2D eigenvalue weighted by atomic mass is 9.82. The average molecular weight is 1830 g/mol. The van der Waals surface area contributed by atoms with Crippen LogP contribution >= 0.6 is 69.6 Å². The third kappa shape index (κ3) is 18.4. The molecule has 0 aliphatic carbocycles. The van der Waals surface area contributed by atoms with Crippen LogP contribution in [0.25, 0.3) is 10.8 Å². The molecule has 0 saturated heterocycles. The summed E-state index contributed by atoms with van der Waals surface area (Å²) in [6.45, 7) is 3.87. The lowest BCUT2D eigenvalue weighted by Crippen LogP contribution is -2.30. The van der Waals surface area contributed by atoms with E-state index in [2.05, 4.69) is 146 Å². The van der Waals surface area contributed by atoms with E-state index in [0.29, 0.717) is 78.6 Å². The van der Waals surface area contributed by atoms with Crippen LogP contribution < -0.4 is 29.1 Å². The Labute approximate surface area is 792 Å². The molecule has 0 N–H and O–H groups in total. The molecular formula is C115H86Cl6N4O6. The van der Waals surface area contributed by atoms with Gasteiger partial charge in [0, 0.05) is 104 Å². The van der Waals surface area contributed by atoms with Gasteiger partial charge in [-0.05, 0) is 253 Å². The molecule has 16 heteroatoms. The van der Waals surface area contributed by atoms with Crippen molar-refractivity contribution in [3.05, 3.63) is 541 Å². The molecule has 4 aliphatic heterocycles. The zero-order valence-corrected chi connectivity index (χ0v) is 76.2. The summed E-state index contributed by atoms with van der Waals surface area (Å²) in [6.07, 6.45) is 0. The molecule has 21 rings (SSSR count). The number of hydrogen-bond donors (Lipinski definition) is 0. The standard InChI is InChI=1S/C31H23NO.2C28H20Cl3NO2.C28H23NO/c33-31(25-19-18-22-10-4-5-13-24(22)20-25)32-21-26-14-6-7-15-27(26)30(23-11-2-1-3-12-23)28-16-8-9-17-29(28)32;1-34-25-8-4-5-18-16-32(28(33)17-9-11-19(29)12-10-17)24-14-13-20(30)15-22(24)27(26(18)25)21-6-2-3-7-23(21)31;1-34-21-11-12-22-18(14-21)16-32(28(33)17-6-8-19(29)9-7-17)26-13-10-20(30)15-24(26)27(22)23-4-2-3-5-25(23)31;1-20-15-17-22(18-16-20)28(30)29-19-23-11-5-6-12-24(23)27(21-9-3-2-4-10-21)25-13-7-8-14-26(25)29/h1-20,30H,21H2;2*2-15,27H,16H2,1H3;2-18,27H,19H2,1H3. The molecule has 4 atom stereocenters. The number of fused-ring (bicyclic) bond motifs is 9. The van der Waals surface area contributed by atoms with E-state index in [1.54, 1.807) is 78.6 Å². The number of para-hydroxylation sites is 2. The monoisotopic (exact) mass is 1830 g/mol. The first-order chi connectivity index (χ1) is 63.9. The second-order valence-electron chi connectivity index (χ2n) is 32.6. The summed E-state index contributed by atoms with van der Waals surface area (Å²) in [5, 5.41) is 5.82. The molecule has 0 spiro atoms. The lowest BCUT2D eigenvalue weighted by Gasteiger charge is -2.25. The van der Waals surface area contributed by atoms with Gasteiger partial charge < -0.3 is 29.1 Å². The highest BCUT2D eigenvalue weighted by Crippen LogP contribution is 2.52. The first-order valence-corrected chi connectivity index (χ1v) is 45.4. The predicted molar refractivity (Wildman–Crippen MR) is 534 cm³/mol. The van der Waals surface area contributed by atoms with Crippen molar-refractivity contribution in [2.24, 2.45) is 0 Å². The minimum Gasteiger partial charge on any atom is -0.497 e. The number of halogens is 6. The largest absolute Gasteiger partial charge is 0.497 e. The number of amides is 4. The summed E-state index contributed by atoms with van der Waals surface area (Å²) >= 11 is 38.5. The summed E-state index contributed by atoms with van der Waals surface area (Å²) in [6, 6.07) is 129. The molecule has 644 valence electrons. The van der Waals surface area contributed by atoms with E-state index < -0.39 is 0 Å². The van der Waals surface area contributed by atoms with Crippen LogP contribution in [0.1, 0.15) is 160 Å². The van der Waals surface area contributed by atoms with Crippen molar-refractivity contribution in [2.75, 3.05) is 33.8 Å². The Balaban J connectivity index is 0.000000117. The Kier molecular flexibility index (Phi) is 26.3.